The van der Waals surface area contributed by atoms with Gasteiger partial charge >= 0.3 is 0 Å². The summed E-state index contributed by atoms with van der Waals surface area (Å²) in [4.78, 5) is 132. The molecule has 0 radical (unpaired) electrons. The number of aliphatic hydroxyl groups excluding tert-OH is 9. The smallest absolute Gasteiger partial charge is 0.243 e. The molecule has 532 valence electrons. The fourth-order valence-corrected chi connectivity index (χ4v) is 10.4. The lowest BCUT2D eigenvalue weighted by Gasteiger charge is -2.42. The van der Waals surface area contributed by atoms with E-state index in [1.807, 2.05) is 0 Å². The third kappa shape index (κ3) is 26.6. The van der Waals surface area contributed by atoms with Gasteiger partial charge in [0.15, 0.2) is 18.9 Å². The van der Waals surface area contributed by atoms with Crippen molar-refractivity contribution < 1.29 is 122 Å². The fourth-order valence-electron chi connectivity index (χ4n) is 10.4. The van der Waals surface area contributed by atoms with E-state index in [1.54, 1.807) is 0 Å². The Hall–Kier alpha value is -6.02. The molecule has 93 heavy (non-hydrogen) atoms. The normalized spacial score (nSPS) is 31.8. The minimum absolute atomic E-state index is 0.0246. The van der Waals surface area contributed by atoms with Crippen molar-refractivity contribution >= 4 is 59.1 Å². The summed E-state index contributed by atoms with van der Waals surface area (Å²) in [5.41, 5.74) is 0. The van der Waals surface area contributed by atoms with Gasteiger partial charge in [0.1, 0.15) is 97.2 Å². The lowest BCUT2D eigenvalue weighted by molar-refractivity contribution is -0.271. The second-order valence-corrected chi connectivity index (χ2v) is 22.7. The Morgan fingerprint density at radius 2 is 0.742 bits per heavy atom. The van der Waals surface area contributed by atoms with Gasteiger partial charge in [-0.3, -0.25) is 63.9 Å². The zero-order chi connectivity index (χ0) is 68.7. The van der Waals surface area contributed by atoms with E-state index in [9.17, 15) is 93.9 Å². The summed E-state index contributed by atoms with van der Waals surface area (Å²) >= 11 is 0. The van der Waals surface area contributed by atoms with Gasteiger partial charge in [0.05, 0.1) is 53.1 Å². The molecule has 4 heterocycles. The number of nitrogens with one attached hydrogen (secondary N) is 13. The zero-order valence-corrected chi connectivity index (χ0v) is 52.6. The van der Waals surface area contributed by atoms with Crippen molar-refractivity contribution in [3.63, 3.8) is 0 Å². The van der Waals surface area contributed by atoms with Crippen molar-refractivity contribution in [3.05, 3.63) is 0 Å². The van der Waals surface area contributed by atoms with E-state index >= 15 is 0 Å². The van der Waals surface area contributed by atoms with E-state index in [0.29, 0.717) is 19.3 Å². The highest BCUT2D eigenvalue weighted by atomic mass is 16.7. The van der Waals surface area contributed by atoms with Crippen LogP contribution < -0.4 is 69.1 Å². The molecule has 0 aromatic heterocycles. The van der Waals surface area contributed by atoms with Gasteiger partial charge in [-0.25, -0.2) is 0 Å². The molecular weight excluding hydrogens is 1240 g/mol. The predicted molar refractivity (Wildman–Crippen MR) is 317 cm³/mol. The van der Waals surface area contributed by atoms with Crippen molar-refractivity contribution in [1.29, 1.82) is 0 Å². The van der Waals surface area contributed by atoms with Gasteiger partial charge in [0, 0.05) is 34.2 Å². The topological polar surface area (TPSA) is 565 Å². The molecule has 0 bridgehead atoms. The highest BCUT2D eigenvalue weighted by Crippen LogP contribution is 2.25. The number of amides is 10. The maximum Gasteiger partial charge on any atom is 0.243 e. The number of rotatable bonds is 33. The summed E-state index contributed by atoms with van der Waals surface area (Å²) < 4.78 is 33.8. The number of carbonyl (C=O) groups excluding carboxylic acids is 10. The molecule has 4 rings (SSSR count). The molecule has 0 unspecified atom stereocenters. The molecule has 0 aromatic carbocycles. The second kappa shape index (κ2) is 41.7. The largest absolute Gasteiger partial charge is 0.394 e. The van der Waals surface area contributed by atoms with Crippen LogP contribution in [0.2, 0.25) is 0 Å². The average Bonchev–Trinajstić information content (AvgIpc) is 0.853. The summed E-state index contributed by atoms with van der Waals surface area (Å²) in [5, 5.41) is 126. The molecule has 38 heteroatoms. The van der Waals surface area contributed by atoms with Crippen LogP contribution in [0.4, 0.5) is 0 Å². The van der Waals surface area contributed by atoms with Crippen LogP contribution in [0.25, 0.3) is 0 Å². The van der Waals surface area contributed by atoms with Crippen molar-refractivity contribution in [2.24, 2.45) is 0 Å². The molecule has 38 nitrogen and oxygen atoms in total. The monoisotopic (exact) mass is 1340 g/mol. The van der Waals surface area contributed by atoms with E-state index < -0.39 is 208 Å². The quantitative estimate of drug-likeness (QED) is 0.0214. The van der Waals surface area contributed by atoms with Crippen molar-refractivity contribution in [3.8, 4) is 0 Å². The van der Waals surface area contributed by atoms with Gasteiger partial charge in [0.2, 0.25) is 59.1 Å². The molecule has 4 fully saturated rings. The van der Waals surface area contributed by atoms with Gasteiger partial charge in [-0.1, -0.05) is 0 Å². The van der Waals surface area contributed by atoms with Crippen LogP contribution in [0.15, 0.2) is 0 Å². The van der Waals surface area contributed by atoms with Gasteiger partial charge in [0.25, 0.3) is 0 Å². The Morgan fingerprint density at radius 3 is 1.04 bits per heavy atom. The minimum atomic E-state index is -1.55. The molecule has 4 aliphatic heterocycles. The molecule has 22 N–H and O–H groups in total. The third-order valence-corrected chi connectivity index (χ3v) is 15.4. The Kier molecular flexibility index (Phi) is 35.6. The van der Waals surface area contributed by atoms with Gasteiger partial charge in [-0.15, -0.1) is 0 Å². The molecule has 0 aliphatic carbocycles. The number of aliphatic hydroxyl groups is 9. The van der Waals surface area contributed by atoms with Gasteiger partial charge in [-0.05, 0) is 83.8 Å². The van der Waals surface area contributed by atoms with Crippen LogP contribution in [-0.2, 0) is 76.4 Å². The Bertz CT molecular complexity index is 2330. The Labute approximate surface area is 536 Å². The summed E-state index contributed by atoms with van der Waals surface area (Å²) in [7, 11) is 1.36. The molecule has 4 aliphatic rings. The van der Waals surface area contributed by atoms with E-state index in [1.165, 1.54) is 27.8 Å². The Balaban J connectivity index is 1.49. The predicted octanol–water partition coefficient (Wildman–Crippen LogP) is -11.3. The lowest BCUT2D eigenvalue weighted by atomic mass is 9.97. The van der Waals surface area contributed by atoms with Crippen molar-refractivity contribution in [2.45, 2.75) is 207 Å². The average molecular weight is 1340 g/mol. The SMILES string of the molecule is CNC(=O)CC[C@H]1NC(=O)[C@@H](CCCCNCO[C@@H]2O[C@H](CO)[C@H](O)[C@H](O)[C@H]2NC(C)=O)NC(=O)CNC(=O)[C@@H](CCCCNCO[C@@H]2O[C@H](CO)[C@H](O)[C@H](O)[C@H]2NC(C)=O)NC(=O)CNC(=O)[C@@H](CCCCNCO[C@@H]2O[C@H](CO)[C@H](O)[C@H](O)[C@H]2NC(C)=O)NC1=O. The number of hydrogen-bond donors (Lipinski definition) is 22. The fraction of sp³-hybridized carbons (Fsp3) is 0.818. The number of hydrogen-bond acceptors (Lipinski definition) is 28. The zero-order valence-electron chi connectivity index (χ0n) is 52.6. The second-order valence-electron chi connectivity index (χ2n) is 22.7. The van der Waals surface area contributed by atoms with Crippen LogP contribution in [0.5, 0.6) is 0 Å². The molecule has 0 spiro atoms. The first-order chi connectivity index (χ1) is 44.3. The van der Waals surface area contributed by atoms with Crippen LogP contribution in [0.1, 0.15) is 91.4 Å². The van der Waals surface area contributed by atoms with Crippen LogP contribution >= 0.6 is 0 Å². The van der Waals surface area contributed by atoms with E-state index in [2.05, 4.69) is 69.1 Å². The standard InChI is InChI=1S/C55H97N13O25/c1-27(72)62-40-46(81)43(78)34(21-69)91-53(40)88-24-57-16-8-5-11-30-49(84)60-20-39(77)66-32(13-7-10-18-59-26-90-55-42(64-29(3)74)48(83)45(80)36(23-71)93-55)51(86)68-33(14-15-37(75)56-4)52(87)67-31(50(85)61-19-38(76)65-30)12-6-9-17-58-25-89-54-41(63-28(2)73)47(82)44(79)35(22-70)92-54/h30-36,40-48,53-55,57-59,69-71,78-83H,5-26H2,1-4H3,(H,56,75)(H,60,84)(H,61,85)(H,62,72)(H,63,73)(H,64,74)(H,65,76)(H,66,77)(H,67,87)(H,68,86)/t30-,31-,32-,33-,34-,35-,36-,40-,41-,42-,43+,44+,45+,46-,47-,48-,53-,54-,55-/m1/s1. The highest BCUT2D eigenvalue weighted by Gasteiger charge is 2.48. The van der Waals surface area contributed by atoms with E-state index in [4.69, 9.17) is 28.4 Å². The molecule has 0 saturated carbocycles. The molecular formula is C55H97N13O25. The van der Waals surface area contributed by atoms with Crippen molar-refractivity contribution in [1.82, 2.24) is 69.1 Å². The first-order valence-electron chi connectivity index (χ1n) is 30.9. The van der Waals surface area contributed by atoms with Gasteiger partial charge in [-0.2, -0.15) is 0 Å². The number of carbonyl (C=O) groups is 10. The molecule has 0 aromatic rings. The van der Waals surface area contributed by atoms with Crippen LogP contribution in [-0.4, -0.2) is 301 Å². The molecule has 4 saturated heterocycles. The van der Waals surface area contributed by atoms with Gasteiger partial charge < -0.3 is 128 Å². The van der Waals surface area contributed by atoms with E-state index in [0.717, 1.165) is 0 Å². The van der Waals surface area contributed by atoms with Crippen molar-refractivity contribution in [2.75, 3.05) is 79.8 Å². The minimum Gasteiger partial charge on any atom is -0.394 e. The lowest BCUT2D eigenvalue weighted by Crippen LogP contribution is -2.64. The third-order valence-electron chi connectivity index (χ3n) is 15.4. The maximum atomic E-state index is 14.3. The molecule has 19 atom stereocenters. The summed E-state index contributed by atoms with van der Waals surface area (Å²) in [6.45, 7) is 0.153. The highest BCUT2D eigenvalue weighted by molar-refractivity contribution is 5.97. The van der Waals surface area contributed by atoms with Crippen LogP contribution in [0, 0.1) is 0 Å². The molecule has 10 amide bonds. The summed E-state index contributed by atoms with van der Waals surface area (Å²) in [6.07, 6.45) is -15.9. The first-order valence-corrected chi connectivity index (χ1v) is 30.9. The maximum absolute atomic E-state index is 14.3. The summed E-state index contributed by atoms with van der Waals surface area (Å²) in [6, 6.07) is -9.17. The summed E-state index contributed by atoms with van der Waals surface area (Å²) in [5.74, 6) is -7.36. The Morgan fingerprint density at radius 1 is 0.441 bits per heavy atom. The number of unbranched alkanes of at least 4 members (excludes halogenated alkanes) is 3. The number of ether oxygens (including phenoxy) is 6. The van der Waals surface area contributed by atoms with E-state index in [-0.39, 0.29) is 91.2 Å². The first kappa shape index (κ1) is 79.4. The van der Waals surface area contributed by atoms with Crippen LogP contribution in [0.3, 0.4) is 0 Å².